The average Bonchev–Trinajstić information content (AvgIpc) is 3.67. The van der Waals surface area contributed by atoms with Crippen LogP contribution in [0.5, 0.6) is 5.75 Å². The summed E-state index contributed by atoms with van der Waals surface area (Å²) < 4.78 is 24.9. The van der Waals surface area contributed by atoms with Crippen molar-refractivity contribution in [2.24, 2.45) is 5.92 Å². The van der Waals surface area contributed by atoms with Gasteiger partial charge in [0.1, 0.15) is 24.1 Å². The van der Waals surface area contributed by atoms with Crippen molar-refractivity contribution >= 4 is 23.2 Å². The van der Waals surface area contributed by atoms with Crippen LogP contribution < -0.4 is 20.3 Å². The Morgan fingerprint density at radius 1 is 1.34 bits per heavy atom. The molecule has 1 aromatic carbocycles. The fourth-order valence-corrected chi connectivity index (χ4v) is 3.74. The number of carbonyl (C=O) groups excluding carboxylic acids is 2. The van der Waals surface area contributed by atoms with E-state index in [4.69, 9.17) is 9.47 Å². The number of hydrogen-bond donors (Lipinski definition) is 3. The summed E-state index contributed by atoms with van der Waals surface area (Å²) in [6.07, 6.45) is 3.21. The Bertz CT molecular complexity index is 1230. The smallest absolute Gasteiger partial charge is 0.270 e. The van der Waals surface area contributed by atoms with Crippen molar-refractivity contribution in [2.75, 3.05) is 43.6 Å². The zero-order chi connectivity index (χ0) is 24.6. The highest BCUT2D eigenvalue weighted by Gasteiger charge is 2.34. The predicted molar refractivity (Wildman–Crippen MR) is 125 cm³/mol. The number of fused-ring (bicyclic) bond motifs is 1. The third-order valence-electron chi connectivity index (χ3n) is 6.15. The van der Waals surface area contributed by atoms with E-state index in [-0.39, 0.29) is 37.1 Å². The number of pyridine rings is 1. The van der Waals surface area contributed by atoms with Gasteiger partial charge in [0.25, 0.3) is 11.8 Å². The first-order valence-electron chi connectivity index (χ1n) is 11.4. The van der Waals surface area contributed by atoms with Crippen molar-refractivity contribution in [1.29, 1.82) is 0 Å². The second-order valence-electron chi connectivity index (χ2n) is 9.06. The molecule has 1 atom stereocenters. The lowest BCUT2D eigenvalue weighted by Crippen LogP contribution is -2.49. The Labute approximate surface area is 201 Å². The fourth-order valence-electron chi connectivity index (χ4n) is 3.74. The minimum absolute atomic E-state index is 0.00243. The van der Waals surface area contributed by atoms with Gasteiger partial charge in [-0.1, -0.05) is 11.8 Å². The lowest BCUT2D eigenvalue weighted by atomic mass is 10.0. The number of likely N-dealkylation sites (N-methyl/N-ethyl adjacent to an activating group) is 1. The summed E-state index contributed by atoms with van der Waals surface area (Å²) in [6.45, 7) is 0.876. The molecule has 0 unspecified atom stereocenters. The second-order valence-corrected chi connectivity index (χ2v) is 9.06. The number of halogens is 1. The van der Waals surface area contributed by atoms with Gasteiger partial charge in [-0.3, -0.25) is 9.59 Å². The zero-order valence-electron chi connectivity index (χ0n) is 19.1. The molecular weight excluding hydrogens is 455 g/mol. The standard InChI is InChI=1S/C25H25FN4O5/c1-30-21-8-15(6-7-25(33)13-34-14-25)4-5-22(21)35-12-20(24(30)32)29-23(31)19-9-18(17(26)11-28-19)27-10-16-2-3-16/h4-5,8-9,11,16,20,33H,2-3,10,12-14H2,1H3,(H,27,28)(H,29,31)/t20-/m0/s1. The van der Waals surface area contributed by atoms with Gasteiger partial charge in [0, 0.05) is 19.2 Å². The van der Waals surface area contributed by atoms with Crippen molar-refractivity contribution in [3.63, 3.8) is 0 Å². The average molecular weight is 480 g/mol. The zero-order valence-corrected chi connectivity index (χ0v) is 19.1. The van der Waals surface area contributed by atoms with Crippen LogP contribution in [0, 0.1) is 23.6 Å². The van der Waals surface area contributed by atoms with Crippen molar-refractivity contribution in [3.8, 4) is 17.6 Å². The quantitative estimate of drug-likeness (QED) is 0.553. The maximum absolute atomic E-state index is 14.1. The number of ether oxygens (including phenoxy) is 2. The molecule has 1 aliphatic carbocycles. The molecule has 2 aromatic rings. The molecule has 1 aromatic heterocycles. The van der Waals surface area contributed by atoms with Crippen molar-refractivity contribution < 1.29 is 28.6 Å². The molecule has 2 amide bonds. The third-order valence-corrected chi connectivity index (χ3v) is 6.15. The molecular formula is C25H25FN4O5. The molecule has 10 heteroatoms. The Hall–Kier alpha value is -3.68. The van der Waals surface area contributed by atoms with E-state index in [0.717, 1.165) is 19.0 Å². The van der Waals surface area contributed by atoms with E-state index in [0.29, 0.717) is 29.5 Å². The molecule has 1 saturated carbocycles. The van der Waals surface area contributed by atoms with Crippen molar-refractivity contribution in [2.45, 2.75) is 24.5 Å². The van der Waals surface area contributed by atoms with E-state index in [9.17, 15) is 19.1 Å². The number of carbonyl (C=O) groups is 2. The summed E-state index contributed by atoms with van der Waals surface area (Å²) in [5.41, 5.74) is 0.134. The highest BCUT2D eigenvalue weighted by molar-refractivity contribution is 6.03. The van der Waals surface area contributed by atoms with Crippen molar-refractivity contribution in [1.82, 2.24) is 10.3 Å². The van der Waals surface area contributed by atoms with Crippen LogP contribution in [0.25, 0.3) is 0 Å². The molecule has 1 saturated heterocycles. The first-order chi connectivity index (χ1) is 16.8. The minimum Gasteiger partial charge on any atom is -0.489 e. The lowest BCUT2D eigenvalue weighted by Gasteiger charge is -2.30. The van der Waals surface area contributed by atoms with Crippen LogP contribution in [-0.2, 0) is 9.53 Å². The highest BCUT2D eigenvalue weighted by atomic mass is 19.1. The fraction of sp³-hybridized carbons (Fsp3) is 0.400. The van der Waals surface area contributed by atoms with Gasteiger partial charge in [-0.05, 0) is 43.0 Å². The molecule has 9 nitrogen and oxygen atoms in total. The van der Waals surface area contributed by atoms with E-state index in [2.05, 4.69) is 27.5 Å². The lowest BCUT2D eigenvalue weighted by molar-refractivity contribution is -0.140. The van der Waals surface area contributed by atoms with Crippen LogP contribution >= 0.6 is 0 Å². The molecule has 3 aliphatic rings. The molecule has 3 N–H and O–H groups in total. The van der Waals surface area contributed by atoms with Crippen LogP contribution in [0.15, 0.2) is 30.5 Å². The van der Waals surface area contributed by atoms with Crippen LogP contribution in [0.4, 0.5) is 15.8 Å². The van der Waals surface area contributed by atoms with Gasteiger partial charge in [-0.2, -0.15) is 0 Å². The Morgan fingerprint density at radius 3 is 2.86 bits per heavy atom. The molecule has 182 valence electrons. The van der Waals surface area contributed by atoms with Crippen molar-refractivity contribution in [3.05, 3.63) is 47.5 Å². The number of benzene rings is 1. The summed E-state index contributed by atoms with van der Waals surface area (Å²) in [5, 5.41) is 15.8. The first kappa shape index (κ1) is 23.1. The van der Waals surface area contributed by atoms with E-state index < -0.39 is 23.4 Å². The minimum atomic E-state index is -1.15. The molecule has 3 heterocycles. The molecule has 35 heavy (non-hydrogen) atoms. The number of aliphatic hydroxyl groups is 1. The van der Waals surface area contributed by atoms with Crippen LogP contribution in [0.1, 0.15) is 28.9 Å². The predicted octanol–water partition coefficient (Wildman–Crippen LogP) is 1.31. The van der Waals surface area contributed by atoms with Gasteiger partial charge >= 0.3 is 0 Å². The van der Waals surface area contributed by atoms with E-state index in [1.54, 1.807) is 25.2 Å². The van der Waals surface area contributed by atoms with Crippen LogP contribution in [-0.4, -0.2) is 67.0 Å². The van der Waals surface area contributed by atoms with Crippen LogP contribution in [0.2, 0.25) is 0 Å². The third kappa shape index (κ3) is 5.06. The summed E-state index contributed by atoms with van der Waals surface area (Å²) >= 11 is 0. The highest BCUT2D eigenvalue weighted by Crippen LogP contribution is 2.32. The van der Waals surface area contributed by atoms with Gasteiger partial charge < -0.3 is 30.1 Å². The summed E-state index contributed by atoms with van der Waals surface area (Å²) in [4.78, 5) is 31.2. The largest absolute Gasteiger partial charge is 0.489 e. The molecule has 2 fully saturated rings. The SMILES string of the molecule is CN1C(=O)[C@@H](NC(=O)c2cc(NCC3CC3)c(F)cn2)COc2ccc(C#CC3(O)COC3)cc21. The maximum atomic E-state index is 14.1. The van der Waals surface area contributed by atoms with E-state index in [1.807, 2.05) is 0 Å². The number of anilines is 2. The van der Waals surface area contributed by atoms with Gasteiger partial charge in [-0.25, -0.2) is 9.37 Å². The van der Waals surface area contributed by atoms with Crippen LogP contribution in [0.3, 0.4) is 0 Å². The molecule has 2 aliphatic heterocycles. The number of aromatic nitrogens is 1. The second kappa shape index (κ2) is 9.17. The Balaban J connectivity index is 1.29. The monoisotopic (exact) mass is 480 g/mol. The number of nitrogens with zero attached hydrogens (tertiary/aromatic N) is 2. The number of nitrogens with one attached hydrogen (secondary N) is 2. The van der Waals surface area contributed by atoms with Gasteiger partial charge in [-0.15, -0.1) is 0 Å². The van der Waals surface area contributed by atoms with E-state index >= 15 is 0 Å². The summed E-state index contributed by atoms with van der Waals surface area (Å²) in [5.74, 6) is 5.13. The van der Waals surface area contributed by atoms with Gasteiger partial charge in [0.15, 0.2) is 11.4 Å². The molecule has 5 rings (SSSR count). The summed E-state index contributed by atoms with van der Waals surface area (Å²) in [7, 11) is 1.58. The maximum Gasteiger partial charge on any atom is 0.270 e. The topological polar surface area (TPSA) is 113 Å². The Morgan fingerprint density at radius 2 is 2.14 bits per heavy atom. The number of rotatable bonds is 5. The molecule has 0 radical (unpaired) electrons. The molecule has 0 bridgehead atoms. The van der Waals surface area contributed by atoms with Gasteiger partial charge in [0.05, 0.1) is 30.8 Å². The normalized spacial score (nSPS) is 20.4. The summed E-state index contributed by atoms with van der Waals surface area (Å²) in [6, 6.07) is 5.47. The van der Waals surface area contributed by atoms with Gasteiger partial charge in [0.2, 0.25) is 0 Å². The number of hydrogen-bond acceptors (Lipinski definition) is 7. The Kier molecular flexibility index (Phi) is 6.05. The first-order valence-corrected chi connectivity index (χ1v) is 11.4. The van der Waals surface area contributed by atoms with E-state index in [1.165, 1.54) is 11.0 Å². The molecule has 0 spiro atoms. The number of amides is 2.